The Bertz CT molecular complexity index is 963. The number of rotatable bonds is 8. The standard InChI is InChI=1S/C16H18N6O4/c1-25-6-7-26-15-19-13(21-17)12-14(20-15)22(16(24)18-12)8-10-2-4-11(9-23)5-3-10/h2-5,9H,6-8,17H2,1H3,(H,18,24)(H,19,20,21). The Labute approximate surface area is 147 Å². The zero-order chi connectivity index (χ0) is 18.5. The maximum absolute atomic E-state index is 12.4. The average Bonchev–Trinajstić information content (AvgIpc) is 2.97. The number of nitrogens with zero attached hydrogens (tertiary/aromatic N) is 3. The zero-order valence-corrected chi connectivity index (χ0v) is 14.1. The summed E-state index contributed by atoms with van der Waals surface area (Å²) in [4.78, 5) is 34.2. The molecular formula is C16H18N6O4. The third-order valence-corrected chi connectivity index (χ3v) is 3.71. The molecule has 2 aromatic heterocycles. The highest BCUT2D eigenvalue weighted by molar-refractivity contribution is 5.83. The number of anilines is 1. The molecule has 0 spiro atoms. The second-order valence-electron chi connectivity index (χ2n) is 5.41. The summed E-state index contributed by atoms with van der Waals surface area (Å²) >= 11 is 0. The summed E-state index contributed by atoms with van der Waals surface area (Å²) in [6, 6.07) is 6.99. The van der Waals surface area contributed by atoms with Crippen LogP contribution in [0.4, 0.5) is 5.82 Å². The van der Waals surface area contributed by atoms with Gasteiger partial charge < -0.3 is 19.9 Å². The van der Waals surface area contributed by atoms with Crippen molar-refractivity contribution in [2.45, 2.75) is 6.54 Å². The molecule has 3 aromatic rings. The quantitative estimate of drug-likeness (QED) is 0.226. The summed E-state index contributed by atoms with van der Waals surface area (Å²) in [5.41, 5.74) is 4.20. The van der Waals surface area contributed by atoms with Crippen LogP contribution in [0.5, 0.6) is 6.01 Å². The number of nitrogens with one attached hydrogen (secondary N) is 2. The molecule has 1 aromatic carbocycles. The van der Waals surface area contributed by atoms with Gasteiger partial charge in [-0.2, -0.15) is 9.97 Å². The van der Waals surface area contributed by atoms with E-state index in [1.165, 1.54) is 4.57 Å². The summed E-state index contributed by atoms with van der Waals surface area (Å²) in [6.45, 7) is 0.889. The fourth-order valence-corrected chi connectivity index (χ4v) is 2.43. The molecular weight excluding hydrogens is 340 g/mol. The highest BCUT2D eigenvalue weighted by Crippen LogP contribution is 2.20. The lowest BCUT2D eigenvalue weighted by atomic mass is 10.1. The number of hydrogen-bond acceptors (Lipinski definition) is 8. The molecule has 2 heterocycles. The number of fused-ring (bicyclic) bond motifs is 1. The van der Waals surface area contributed by atoms with Crippen molar-refractivity contribution < 1.29 is 14.3 Å². The Morgan fingerprint density at radius 1 is 1.27 bits per heavy atom. The molecule has 0 aliphatic rings. The van der Waals surface area contributed by atoms with Gasteiger partial charge in [-0.05, 0) is 5.56 Å². The van der Waals surface area contributed by atoms with Gasteiger partial charge in [-0.1, -0.05) is 24.3 Å². The number of nitrogen functional groups attached to an aromatic ring is 1. The number of methoxy groups -OCH3 is 1. The number of carbonyl (C=O) groups excluding carboxylic acids is 1. The second-order valence-corrected chi connectivity index (χ2v) is 5.41. The molecule has 136 valence electrons. The molecule has 0 saturated heterocycles. The molecule has 0 unspecified atom stereocenters. The number of aromatic nitrogens is 4. The molecule has 0 aliphatic carbocycles. The van der Waals surface area contributed by atoms with Gasteiger partial charge in [0, 0.05) is 12.7 Å². The van der Waals surface area contributed by atoms with Crippen molar-refractivity contribution in [2.75, 3.05) is 25.7 Å². The lowest BCUT2D eigenvalue weighted by molar-refractivity contribution is 0.112. The van der Waals surface area contributed by atoms with Crippen molar-refractivity contribution in [3.63, 3.8) is 0 Å². The van der Waals surface area contributed by atoms with E-state index in [0.29, 0.717) is 23.3 Å². The molecule has 0 radical (unpaired) electrons. The largest absolute Gasteiger partial charge is 0.461 e. The van der Waals surface area contributed by atoms with Gasteiger partial charge in [-0.15, -0.1) is 0 Å². The fourth-order valence-electron chi connectivity index (χ4n) is 2.43. The van der Waals surface area contributed by atoms with Gasteiger partial charge in [0.05, 0.1) is 13.2 Å². The molecule has 0 bridgehead atoms. The molecule has 0 amide bonds. The number of carbonyl (C=O) groups is 1. The van der Waals surface area contributed by atoms with Crippen LogP contribution in [0.25, 0.3) is 11.2 Å². The summed E-state index contributed by atoms with van der Waals surface area (Å²) in [5, 5.41) is 0. The smallest absolute Gasteiger partial charge is 0.328 e. The van der Waals surface area contributed by atoms with Gasteiger partial charge >= 0.3 is 11.7 Å². The van der Waals surface area contributed by atoms with Gasteiger partial charge in [0.2, 0.25) is 0 Å². The van der Waals surface area contributed by atoms with Gasteiger partial charge in [-0.3, -0.25) is 9.36 Å². The van der Waals surface area contributed by atoms with Gasteiger partial charge in [-0.25, -0.2) is 10.6 Å². The minimum atomic E-state index is -0.362. The zero-order valence-electron chi connectivity index (χ0n) is 14.1. The summed E-state index contributed by atoms with van der Waals surface area (Å²) in [5.74, 6) is 5.74. The van der Waals surface area contributed by atoms with E-state index in [0.717, 1.165) is 11.8 Å². The van der Waals surface area contributed by atoms with Crippen LogP contribution in [0.2, 0.25) is 0 Å². The molecule has 0 fully saturated rings. The first kappa shape index (κ1) is 17.6. The van der Waals surface area contributed by atoms with Crippen LogP contribution in [0, 0.1) is 0 Å². The van der Waals surface area contributed by atoms with Crippen LogP contribution >= 0.6 is 0 Å². The lowest BCUT2D eigenvalue weighted by Crippen LogP contribution is -2.18. The predicted octanol–water partition coefficient (Wildman–Crippen LogP) is 0.291. The summed E-state index contributed by atoms with van der Waals surface area (Å²) in [7, 11) is 1.56. The van der Waals surface area contributed by atoms with Crippen molar-refractivity contribution in [1.29, 1.82) is 0 Å². The number of nitrogens with two attached hydrogens (primary N) is 1. The van der Waals surface area contributed by atoms with Crippen LogP contribution in [-0.2, 0) is 11.3 Å². The highest BCUT2D eigenvalue weighted by atomic mass is 16.5. The van der Waals surface area contributed by atoms with E-state index >= 15 is 0 Å². The Hall–Kier alpha value is -3.24. The molecule has 3 rings (SSSR count). The van der Waals surface area contributed by atoms with E-state index in [9.17, 15) is 9.59 Å². The van der Waals surface area contributed by atoms with E-state index in [1.54, 1.807) is 31.4 Å². The monoisotopic (exact) mass is 358 g/mol. The highest BCUT2D eigenvalue weighted by Gasteiger charge is 2.16. The Morgan fingerprint density at radius 2 is 2.04 bits per heavy atom. The van der Waals surface area contributed by atoms with Crippen LogP contribution in [-0.4, -0.2) is 46.1 Å². The number of hydrazine groups is 1. The molecule has 0 atom stereocenters. The third-order valence-electron chi connectivity index (χ3n) is 3.71. The number of aromatic amines is 1. The van der Waals surface area contributed by atoms with Crippen molar-refractivity contribution in [3.05, 3.63) is 45.9 Å². The first-order valence-electron chi connectivity index (χ1n) is 7.79. The number of aldehydes is 1. The predicted molar refractivity (Wildman–Crippen MR) is 94.3 cm³/mol. The van der Waals surface area contributed by atoms with Crippen LogP contribution < -0.4 is 21.7 Å². The average molecular weight is 358 g/mol. The van der Waals surface area contributed by atoms with Gasteiger partial charge in [0.1, 0.15) is 18.4 Å². The number of hydrogen-bond donors (Lipinski definition) is 3. The first-order chi connectivity index (χ1) is 12.7. The van der Waals surface area contributed by atoms with E-state index in [-0.39, 0.29) is 30.7 Å². The van der Waals surface area contributed by atoms with Crippen molar-refractivity contribution in [3.8, 4) is 6.01 Å². The number of ether oxygens (including phenoxy) is 2. The van der Waals surface area contributed by atoms with E-state index in [1.807, 2.05) is 0 Å². The Balaban J connectivity index is 2.00. The summed E-state index contributed by atoms with van der Waals surface area (Å²) < 4.78 is 11.8. The van der Waals surface area contributed by atoms with Crippen LogP contribution in [0.3, 0.4) is 0 Å². The third kappa shape index (κ3) is 3.55. The molecule has 26 heavy (non-hydrogen) atoms. The van der Waals surface area contributed by atoms with E-state index < -0.39 is 0 Å². The van der Waals surface area contributed by atoms with Crippen molar-refractivity contribution >= 4 is 23.3 Å². The van der Waals surface area contributed by atoms with Crippen LogP contribution in [0.1, 0.15) is 15.9 Å². The molecule has 4 N–H and O–H groups in total. The minimum absolute atomic E-state index is 0.0755. The van der Waals surface area contributed by atoms with E-state index in [2.05, 4.69) is 20.4 Å². The normalized spacial score (nSPS) is 10.8. The van der Waals surface area contributed by atoms with Crippen molar-refractivity contribution in [2.24, 2.45) is 5.84 Å². The summed E-state index contributed by atoms with van der Waals surface area (Å²) in [6.07, 6.45) is 0.762. The number of imidazole rings is 1. The Kier molecular flexibility index (Phi) is 5.25. The molecule has 0 aliphatic heterocycles. The number of benzene rings is 1. The van der Waals surface area contributed by atoms with E-state index in [4.69, 9.17) is 15.3 Å². The topological polar surface area (TPSA) is 137 Å². The van der Waals surface area contributed by atoms with Gasteiger partial charge in [0.15, 0.2) is 11.5 Å². The maximum atomic E-state index is 12.4. The first-order valence-corrected chi connectivity index (χ1v) is 7.79. The lowest BCUT2D eigenvalue weighted by Gasteiger charge is -2.08. The van der Waals surface area contributed by atoms with Gasteiger partial charge in [0.25, 0.3) is 0 Å². The van der Waals surface area contributed by atoms with Crippen LogP contribution in [0.15, 0.2) is 29.1 Å². The second kappa shape index (κ2) is 7.76. The fraction of sp³-hybridized carbons (Fsp3) is 0.250. The SMILES string of the molecule is COCCOc1nc(NN)c2[nH]c(=O)n(Cc3ccc(C=O)cc3)c2n1. The minimum Gasteiger partial charge on any atom is -0.461 e. The Morgan fingerprint density at radius 3 is 2.69 bits per heavy atom. The molecule has 10 nitrogen and oxygen atoms in total. The van der Waals surface area contributed by atoms with Crippen molar-refractivity contribution in [1.82, 2.24) is 19.5 Å². The molecule has 0 saturated carbocycles. The maximum Gasteiger partial charge on any atom is 0.328 e. The molecule has 10 heteroatoms. The number of H-pyrrole nitrogens is 1.